The van der Waals surface area contributed by atoms with Gasteiger partial charge in [0.2, 0.25) is 0 Å². The van der Waals surface area contributed by atoms with Crippen molar-refractivity contribution in [2.45, 2.75) is 19.4 Å². The molecule has 5 heteroatoms. The highest BCUT2D eigenvalue weighted by Crippen LogP contribution is 2.28. The van der Waals surface area contributed by atoms with Gasteiger partial charge in [0.05, 0.1) is 6.20 Å². The number of hydrogen-bond donors (Lipinski definition) is 1. The average molecular weight is 248 g/mol. The third-order valence-corrected chi connectivity index (χ3v) is 2.98. The molecule has 94 valence electrons. The van der Waals surface area contributed by atoms with Gasteiger partial charge >= 0.3 is 5.97 Å². The molecule has 0 spiro atoms. The van der Waals surface area contributed by atoms with Crippen molar-refractivity contribution in [1.82, 2.24) is 9.78 Å². The maximum Gasteiger partial charge on any atom is 0.336 e. The second-order valence-electron chi connectivity index (χ2n) is 4.32. The molecule has 1 aromatic carbocycles. The van der Waals surface area contributed by atoms with Gasteiger partial charge in [0, 0.05) is 11.8 Å². The molecule has 0 aliphatic rings. The largest absolute Gasteiger partial charge is 0.479 e. The van der Waals surface area contributed by atoms with Gasteiger partial charge in [0.25, 0.3) is 0 Å². The maximum atomic E-state index is 13.8. The van der Waals surface area contributed by atoms with Gasteiger partial charge in [-0.3, -0.25) is 4.68 Å². The lowest BCUT2D eigenvalue weighted by molar-refractivity contribution is -0.145. The Morgan fingerprint density at radius 3 is 2.61 bits per heavy atom. The van der Waals surface area contributed by atoms with Crippen molar-refractivity contribution in [1.29, 1.82) is 0 Å². The summed E-state index contributed by atoms with van der Waals surface area (Å²) in [6, 6.07) is 5.83. The summed E-state index contributed by atoms with van der Waals surface area (Å²) in [5.41, 5.74) is -0.654. The van der Waals surface area contributed by atoms with Crippen LogP contribution in [0.25, 0.3) is 0 Å². The fourth-order valence-electron chi connectivity index (χ4n) is 1.85. The molecule has 0 bridgehead atoms. The lowest BCUT2D eigenvalue weighted by atomic mass is 9.92. The molecule has 4 nitrogen and oxygen atoms in total. The third-order valence-electron chi connectivity index (χ3n) is 2.98. The van der Waals surface area contributed by atoms with Crippen molar-refractivity contribution >= 4 is 5.97 Å². The summed E-state index contributed by atoms with van der Waals surface area (Å²) in [6.45, 7) is 3.23. The first kappa shape index (κ1) is 12.3. The number of aromatic nitrogens is 2. The summed E-state index contributed by atoms with van der Waals surface area (Å²) in [4.78, 5) is 11.6. The van der Waals surface area contributed by atoms with E-state index < -0.39 is 17.3 Å². The van der Waals surface area contributed by atoms with Gasteiger partial charge in [0.1, 0.15) is 5.82 Å². The molecule has 18 heavy (non-hydrogen) atoms. The highest BCUT2D eigenvalue weighted by atomic mass is 19.1. The molecule has 2 rings (SSSR count). The Morgan fingerprint density at radius 2 is 2.11 bits per heavy atom. The maximum absolute atomic E-state index is 13.8. The lowest BCUT2D eigenvalue weighted by Crippen LogP contribution is -2.41. The lowest BCUT2D eigenvalue weighted by Gasteiger charge is -2.26. The smallest absolute Gasteiger partial charge is 0.336 e. The van der Waals surface area contributed by atoms with Crippen LogP contribution < -0.4 is 0 Å². The molecule has 1 aromatic heterocycles. The Hall–Kier alpha value is -2.17. The number of carbonyl (C=O) groups is 1. The van der Waals surface area contributed by atoms with Crippen molar-refractivity contribution in [2.75, 3.05) is 0 Å². The summed E-state index contributed by atoms with van der Waals surface area (Å²) >= 11 is 0. The predicted molar refractivity (Wildman–Crippen MR) is 63.7 cm³/mol. The van der Waals surface area contributed by atoms with E-state index in [4.69, 9.17) is 0 Å². The Balaban J connectivity index is 2.66. The van der Waals surface area contributed by atoms with Gasteiger partial charge in [-0.1, -0.05) is 18.2 Å². The molecule has 2 aromatic rings. The van der Waals surface area contributed by atoms with E-state index in [1.165, 1.54) is 29.8 Å². The number of hydrogen-bond acceptors (Lipinski definition) is 2. The Bertz CT molecular complexity index is 594. The molecule has 0 saturated heterocycles. The fraction of sp³-hybridized carbons (Fsp3) is 0.231. The summed E-state index contributed by atoms with van der Waals surface area (Å²) < 4.78 is 15.1. The van der Waals surface area contributed by atoms with Gasteiger partial charge in [-0.2, -0.15) is 5.10 Å². The molecule has 0 radical (unpaired) electrons. The van der Waals surface area contributed by atoms with Gasteiger partial charge in [-0.25, -0.2) is 9.18 Å². The number of benzene rings is 1. The van der Waals surface area contributed by atoms with E-state index in [1.807, 2.05) is 0 Å². The summed E-state index contributed by atoms with van der Waals surface area (Å²) in [7, 11) is 0. The van der Waals surface area contributed by atoms with E-state index in [0.29, 0.717) is 0 Å². The molecule has 0 fully saturated rings. The van der Waals surface area contributed by atoms with Crippen LogP contribution in [0.15, 0.2) is 36.7 Å². The first-order valence-electron chi connectivity index (χ1n) is 5.46. The average Bonchev–Trinajstić information content (AvgIpc) is 2.75. The summed E-state index contributed by atoms with van der Waals surface area (Å²) in [5, 5.41) is 13.4. The van der Waals surface area contributed by atoms with Crippen LogP contribution in [0.2, 0.25) is 0 Å². The summed E-state index contributed by atoms with van der Waals surface area (Å²) in [5.74, 6) is -1.72. The molecule has 0 amide bonds. The highest BCUT2D eigenvalue weighted by Gasteiger charge is 2.40. The second kappa shape index (κ2) is 4.25. The number of nitrogens with zero attached hydrogens (tertiary/aromatic N) is 2. The molecular formula is C13H13FN2O2. The van der Waals surface area contributed by atoms with E-state index >= 15 is 0 Å². The number of halogens is 1. The van der Waals surface area contributed by atoms with Gasteiger partial charge in [-0.15, -0.1) is 0 Å². The predicted octanol–water partition coefficient (Wildman–Crippen LogP) is 2.18. The molecule has 1 atom stereocenters. The van der Waals surface area contributed by atoms with Gasteiger partial charge < -0.3 is 5.11 Å². The van der Waals surface area contributed by atoms with E-state index in [0.717, 1.165) is 5.56 Å². The van der Waals surface area contributed by atoms with Crippen LogP contribution in [0.3, 0.4) is 0 Å². The van der Waals surface area contributed by atoms with Crippen LogP contribution in [-0.4, -0.2) is 20.9 Å². The highest BCUT2D eigenvalue weighted by molar-refractivity contribution is 5.80. The van der Waals surface area contributed by atoms with Crippen molar-refractivity contribution in [2.24, 2.45) is 0 Å². The van der Waals surface area contributed by atoms with Crippen LogP contribution in [0.5, 0.6) is 0 Å². The number of rotatable bonds is 3. The second-order valence-corrected chi connectivity index (χ2v) is 4.32. The first-order valence-corrected chi connectivity index (χ1v) is 5.46. The fourth-order valence-corrected chi connectivity index (χ4v) is 1.85. The zero-order valence-electron chi connectivity index (χ0n) is 10.1. The standard InChI is InChI=1S/C13H13FN2O2/c1-9-7-15-16(8-9)13(2,12(17)18)10-5-3-4-6-11(10)14/h3-8H,1-2H3,(H,17,18). The molecule has 0 saturated carbocycles. The number of carboxylic acids is 1. The van der Waals surface area contributed by atoms with Crippen LogP contribution in [0.4, 0.5) is 4.39 Å². The van der Waals surface area contributed by atoms with Crippen molar-refractivity contribution in [3.8, 4) is 0 Å². The van der Waals surface area contributed by atoms with E-state index in [2.05, 4.69) is 5.10 Å². The topological polar surface area (TPSA) is 55.1 Å². The zero-order chi connectivity index (χ0) is 13.3. The van der Waals surface area contributed by atoms with Crippen molar-refractivity contribution < 1.29 is 14.3 Å². The minimum atomic E-state index is -1.56. The SMILES string of the molecule is Cc1cnn(C(C)(C(=O)O)c2ccccc2F)c1. The number of carboxylic acid groups (broad SMARTS) is 1. The number of aliphatic carboxylic acids is 1. The van der Waals surface area contributed by atoms with Crippen LogP contribution >= 0.6 is 0 Å². The Labute approximate surface area is 104 Å². The van der Waals surface area contributed by atoms with E-state index in [-0.39, 0.29) is 5.56 Å². The molecule has 0 aliphatic carbocycles. The van der Waals surface area contributed by atoms with Crippen molar-refractivity contribution in [3.63, 3.8) is 0 Å². The quantitative estimate of drug-likeness (QED) is 0.905. The van der Waals surface area contributed by atoms with Crippen LogP contribution in [-0.2, 0) is 10.3 Å². The third kappa shape index (κ3) is 1.77. The summed E-state index contributed by atoms with van der Waals surface area (Å²) in [6.07, 6.45) is 3.13. The first-order chi connectivity index (χ1) is 8.46. The van der Waals surface area contributed by atoms with E-state index in [9.17, 15) is 14.3 Å². The number of aryl methyl sites for hydroxylation is 1. The molecule has 1 N–H and O–H groups in total. The molecule has 1 unspecified atom stereocenters. The van der Waals surface area contributed by atoms with Crippen molar-refractivity contribution in [3.05, 3.63) is 53.6 Å². The monoisotopic (exact) mass is 248 g/mol. The van der Waals surface area contributed by atoms with Gasteiger partial charge in [0.15, 0.2) is 5.54 Å². The normalized spacial score (nSPS) is 14.2. The Morgan fingerprint density at radius 1 is 1.44 bits per heavy atom. The molecule has 1 heterocycles. The Kier molecular flexibility index (Phi) is 2.90. The minimum Gasteiger partial charge on any atom is -0.479 e. The van der Waals surface area contributed by atoms with Crippen LogP contribution in [0.1, 0.15) is 18.1 Å². The van der Waals surface area contributed by atoms with Crippen LogP contribution in [0, 0.1) is 12.7 Å². The molecule has 0 aliphatic heterocycles. The minimum absolute atomic E-state index is 0.0839. The zero-order valence-corrected chi connectivity index (χ0v) is 10.1. The molecular weight excluding hydrogens is 235 g/mol. The van der Waals surface area contributed by atoms with Gasteiger partial charge in [-0.05, 0) is 25.5 Å². The van der Waals surface area contributed by atoms with E-state index in [1.54, 1.807) is 25.4 Å².